The van der Waals surface area contributed by atoms with Crippen LogP contribution in [0.25, 0.3) is 0 Å². The summed E-state index contributed by atoms with van der Waals surface area (Å²) in [6.07, 6.45) is 0. The lowest BCUT2D eigenvalue weighted by molar-refractivity contribution is 0.107. The second-order valence-electron chi connectivity index (χ2n) is 4.10. The average molecular weight is 290 g/mol. The van der Waals surface area contributed by atoms with E-state index >= 15 is 0 Å². The largest absolute Gasteiger partial charge is 0.453 e. The average Bonchev–Trinajstić information content (AvgIpc) is 2.64. The van der Waals surface area contributed by atoms with E-state index in [9.17, 15) is 0 Å². The fraction of sp³-hybridized carbons (Fsp3) is 0.667. The van der Waals surface area contributed by atoms with E-state index in [0.717, 1.165) is 30.2 Å². The van der Waals surface area contributed by atoms with Gasteiger partial charge in [-0.25, -0.2) is 0 Å². The molecule has 1 unspecified atom stereocenters. The molecule has 1 aromatic heterocycles. The first-order valence-corrected chi connectivity index (χ1v) is 6.48. The van der Waals surface area contributed by atoms with E-state index in [1.165, 1.54) is 0 Å². The van der Waals surface area contributed by atoms with Gasteiger partial charge in [0.1, 0.15) is 5.76 Å². The molecule has 92 valence electrons. The number of halogens is 1. The number of ether oxygens (including phenoxy) is 1. The molecule has 0 amide bonds. The molecule has 1 N–H and O–H groups in total. The first-order valence-electron chi connectivity index (χ1n) is 5.68. The molecule has 1 atom stereocenters. The van der Waals surface area contributed by atoms with Crippen molar-refractivity contribution in [1.82, 2.24) is 5.32 Å². The maximum Gasteiger partial charge on any atom is 0.169 e. The van der Waals surface area contributed by atoms with Crippen LogP contribution in [0.1, 0.15) is 26.5 Å². The molecule has 1 heterocycles. The summed E-state index contributed by atoms with van der Waals surface area (Å²) >= 11 is 3.29. The van der Waals surface area contributed by atoms with Crippen LogP contribution in [0.15, 0.2) is 21.2 Å². The number of hydrogen-bond donors (Lipinski definition) is 1. The lowest BCUT2D eigenvalue weighted by Crippen LogP contribution is -2.37. The zero-order chi connectivity index (χ0) is 12.0. The Morgan fingerprint density at radius 3 is 2.69 bits per heavy atom. The van der Waals surface area contributed by atoms with Gasteiger partial charge in [-0.2, -0.15) is 0 Å². The highest BCUT2D eigenvalue weighted by molar-refractivity contribution is 9.10. The number of nitrogens with one attached hydrogen (secondary N) is 1. The Hall–Kier alpha value is -0.320. The van der Waals surface area contributed by atoms with Gasteiger partial charge >= 0.3 is 0 Å². The Kier molecular flexibility index (Phi) is 6.09. The van der Waals surface area contributed by atoms with E-state index in [0.29, 0.717) is 12.0 Å². The summed E-state index contributed by atoms with van der Waals surface area (Å²) in [6.45, 7) is 8.64. The molecule has 0 saturated carbocycles. The molecule has 0 radical (unpaired) electrons. The summed E-state index contributed by atoms with van der Waals surface area (Å²) in [4.78, 5) is 0. The van der Waals surface area contributed by atoms with Crippen molar-refractivity contribution in [2.75, 3.05) is 13.2 Å². The predicted octanol–water partition coefficient (Wildman–Crippen LogP) is 3.19. The summed E-state index contributed by atoms with van der Waals surface area (Å²) in [5.41, 5.74) is 0. The molecular weight excluding hydrogens is 270 g/mol. The zero-order valence-corrected chi connectivity index (χ0v) is 11.7. The Morgan fingerprint density at radius 1 is 1.44 bits per heavy atom. The van der Waals surface area contributed by atoms with Crippen molar-refractivity contribution in [2.24, 2.45) is 5.92 Å². The highest BCUT2D eigenvalue weighted by Crippen LogP contribution is 2.14. The predicted molar refractivity (Wildman–Crippen MR) is 68.4 cm³/mol. The molecule has 0 spiro atoms. The minimum atomic E-state index is 0.365. The molecule has 0 saturated heterocycles. The van der Waals surface area contributed by atoms with Crippen LogP contribution in [0.3, 0.4) is 0 Å². The van der Waals surface area contributed by atoms with Crippen molar-refractivity contribution in [3.63, 3.8) is 0 Å². The standard InChI is InChI=1S/C12H20BrNO2/c1-4-15-8-11(9(2)3)14-7-10-5-6-12(13)16-10/h5-6,9,11,14H,4,7-8H2,1-3H3. The maximum atomic E-state index is 5.45. The molecule has 0 aliphatic heterocycles. The van der Waals surface area contributed by atoms with Crippen LogP contribution in [0.4, 0.5) is 0 Å². The van der Waals surface area contributed by atoms with Gasteiger partial charge in [0, 0.05) is 12.6 Å². The molecule has 0 aliphatic rings. The minimum Gasteiger partial charge on any atom is -0.453 e. The van der Waals surface area contributed by atoms with Crippen molar-refractivity contribution in [3.05, 3.63) is 22.6 Å². The lowest BCUT2D eigenvalue weighted by Gasteiger charge is -2.21. The molecule has 1 aromatic rings. The second kappa shape index (κ2) is 7.09. The fourth-order valence-corrected chi connectivity index (χ4v) is 1.75. The summed E-state index contributed by atoms with van der Waals surface area (Å²) < 4.78 is 11.7. The van der Waals surface area contributed by atoms with Gasteiger partial charge in [-0.05, 0) is 40.9 Å². The summed E-state index contributed by atoms with van der Waals surface area (Å²) in [6, 6.07) is 4.24. The normalized spacial score (nSPS) is 13.3. The molecule has 16 heavy (non-hydrogen) atoms. The topological polar surface area (TPSA) is 34.4 Å². The van der Waals surface area contributed by atoms with Crippen LogP contribution in [-0.4, -0.2) is 19.3 Å². The zero-order valence-electron chi connectivity index (χ0n) is 10.1. The molecule has 4 heteroatoms. The Morgan fingerprint density at radius 2 is 2.19 bits per heavy atom. The van der Waals surface area contributed by atoms with Gasteiger partial charge in [0.25, 0.3) is 0 Å². The van der Waals surface area contributed by atoms with E-state index in [-0.39, 0.29) is 0 Å². The number of furan rings is 1. The lowest BCUT2D eigenvalue weighted by atomic mass is 10.1. The molecule has 1 rings (SSSR count). The van der Waals surface area contributed by atoms with E-state index in [1.807, 2.05) is 19.1 Å². The maximum absolute atomic E-state index is 5.45. The third-order valence-corrected chi connectivity index (χ3v) is 2.90. The molecule has 0 aromatic carbocycles. The molecule has 0 bridgehead atoms. The van der Waals surface area contributed by atoms with E-state index < -0.39 is 0 Å². The van der Waals surface area contributed by atoms with Crippen molar-refractivity contribution in [1.29, 1.82) is 0 Å². The van der Waals surface area contributed by atoms with Gasteiger partial charge in [0.15, 0.2) is 4.67 Å². The Bertz CT molecular complexity index is 299. The van der Waals surface area contributed by atoms with Crippen molar-refractivity contribution < 1.29 is 9.15 Å². The first kappa shape index (κ1) is 13.7. The van der Waals surface area contributed by atoms with Gasteiger partial charge in [-0.3, -0.25) is 0 Å². The summed E-state index contributed by atoms with van der Waals surface area (Å²) in [5, 5.41) is 3.44. The van der Waals surface area contributed by atoms with Gasteiger partial charge < -0.3 is 14.5 Å². The van der Waals surface area contributed by atoms with Crippen LogP contribution < -0.4 is 5.32 Å². The van der Waals surface area contributed by atoms with Crippen LogP contribution in [0, 0.1) is 5.92 Å². The smallest absolute Gasteiger partial charge is 0.169 e. The van der Waals surface area contributed by atoms with Crippen LogP contribution in [0.5, 0.6) is 0 Å². The minimum absolute atomic E-state index is 0.365. The van der Waals surface area contributed by atoms with Crippen LogP contribution in [-0.2, 0) is 11.3 Å². The summed E-state index contributed by atoms with van der Waals surface area (Å²) in [7, 11) is 0. The van der Waals surface area contributed by atoms with Crippen molar-refractivity contribution >= 4 is 15.9 Å². The molecular formula is C12H20BrNO2. The van der Waals surface area contributed by atoms with Gasteiger partial charge in [-0.15, -0.1) is 0 Å². The Balaban J connectivity index is 2.37. The fourth-order valence-electron chi connectivity index (χ4n) is 1.41. The molecule has 0 aliphatic carbocycles. The van der Waals surface area contributed by atoms with Crippen molar-refractivity contribution in [2.45, 2.75) is 33.4 Å². The monoisotopic (exact) mass is 289 g/mol. The quantitative estimate of drug-likeness (QED) is 0.837. The second-order valence-corrected chi connectivity index (χ2v) is 4.88. The van der Waals surface area contributed by atoms with E-state index in [4.69, 9.17) is 9.15 Å². The van der Waals surface area contributed by atoms with E-state index in [1.54, 1.807) is 0 Å². The number of rotatable bonds is 7. The number of hydrogen-bond acceptors (Lipinski definition) is 3. The summed E-state index contributed by atoms with van der Waals surface area (Å²) in [5.74, 6) is 1.49. The third-order valence-electron chi connectivity index (χ3n) is 2.47. The SMILES string of the molecule is CCOCC(NCc1ccc(Br)o1)C(C)C. The molecule has 3 nitrogen and oxygen atoms in total. The third kappa shape index (κ3) is 4.68. The van der Waals surface area contributed by atoms with E-state index in [2.05, 4.69) is 35.1 Å². The van der Waals surface area contributed by atoms with Gasteiger partial charge in [0.2, 0.25) is 0 Å². The highest BCUT2D eigenvalue weighted by Gasteiger charge is 2.13. The highest BCUT2D eigenvalue weighted by atomic mass is 79.9. The first-order chi connectivity index (χ1) is 7.63. The van der Waals surface area contributed by atoms with Gasteiger partial charge in [0.05, 0.1) is 13.2 Å². The van der Waals surface area contributed by atoms with Crippen LogP contribution >= 0.6 is 15.9 Å². The Labute approximate surface area is 106 Å². The molecule has 0 fully saturated rings. The van der Waals surface area contributed by atoms with Crippen molar-refractivity contribution in [3.8, 4) is 0 Å². The van der Waals surface area contributed by atoms with Crippen LogP contribution in [0.2, 0.25) is 0 Å². The van der Waals surface area contributed by atoms with Gasteiger partial charge in [-0.1, -0.05) is 13.8 Å².